The predicted octanol–water partition coefficient (Wildman–Crippen LogP) is 4.40. The van der Waals surface area contributed by atoms with Crippen LogP contribution in [0.25, 0.3) is 0 Å². The standard InChI is InChI=1S/C27H30N4O4S/c32-22-12-10-20(11-13-22)25(26(35)29-21-8-4-5-9-21)31(18-19-6-2-1-3-7-19)24(34)15-14-23(33)30-27-28-16-17-36-27/h1-3,6-7,10-13,16-17,21,25,32H,4-5,8-9,14-15,18H2,(H,29,35)(H,28,30,33). The highest BCUT2D eigenvalue weighted by Gasteiger charge is 2.33. The number of carbonyl (C=O) groups excluding carboxylic acids is 3. The van der Waals surface area contributed by atoms with Gasteiger partial charge in [-0.3, -0.25) is 14.4 Å². The van der Waals surface area contributed by atoms with E-state index >= 15 is 0 Å². The first kappa shape index (κ1) is 25.4. The fourth-order valence-electron chi connectivity index (χ4n) is 4.41. The van der Waals surface area contributed by atoms with Gasteiger partial charge in [0.2, 0.25) is 17.7 Å². The molecule has 3 amide bonds. The van der Waals surface area contributed by atoms with Crippen molar-refractivity contribution in [2.24, 2.45) is 0 Å². The number of aromatic nitrogens is 1. The summed E-state index contributed by atoms with van der Waals surface area (Å²) in [6.07, 6.45) is 5.46. The topological polar surface area (TPSA) is 112 Å². The van der Waals surface area contributed by atoms with Crippen molar-refractivity contribution in [3.63, 3.8) is 0 Å². The number of nitrogens with zero attached hydrogens (tertiary/aromatic N) is 2. The van der Waals surface area contributed by atoms with Gasteiger partial charge in [-0.2, -0.15) is 0 Å². The molecule has 9 heteroatoms. The van der Waals surface area contributed by atoms with E-state index in [2.05, 4.69) is 15.6 Å². The van der Waals surface area contributed by atoms with Crippen LogP contribution in [0.2, 0.25) is 0 Å². The normalized spacial score (nSPS) is 14.2. The number of phenols is 1. The second-order valence-electron chi connectivity index (χ2n) is 8.88. The lowest BCUT2D eigenvalue weighted by molar-refractivity contribution is -0.142. The van der Waals surface area contributed by atoms with Crippen LogP contribution in [0.15, 0.2) is 66.2 Å². The van der Waals surface area contributed by atoms with Crippen molar-refractivity contribution in [2.75, 3.05) is 5.32 Å². The number of rotatable bonds is 10. The maximum atomic E-state index is 13.6. The van der Waals surface area contributed by atoms with E-state index in [-0.39, 0.29) is 48.9 Å². The van der Waals surface area contributed by atoms with Gasteiger partial charge in [0.1, 0.15) is 11.8 Å². The summed E-state index contributed by atoms with van der Waals surface area (Å²) in [7, 11) is 0. The Hall–Kier alpha value is -3.72. The summed E-state index contributed by atoms with van der Waals surface area (Å²) in [5.74, 6) is -0.806. The molecule has 4 rings (SSSR count). The number of hydrogen-bond donors (Lipinski definition) is 3. The number of amides is 3. The Kier molecular flexibility index (Phi) is 8.67. The second kappa shape index (κ2) is 12.3. The number of phenolic OH excluding ortho intramolecular Hbond substituents is 1. The zero-order valence-electron chi connectivity index (χ0n) is 19.9. The van der Waals surface area contributed by atoms with Gasteiger partial charge < -0.3 is 20.6 Å². The Balaban J connectivity index is 1.58. The van der Waals surface area contributed by atoms with Crippen LogP contribution < -0.4 is 10.6 Å². The summed E-state index contributed by atoms with van der Waals surface area (Å²) in [6.45, 7) is 0.206. The third-order valence-electron chi connectivity index (χ3n) is 6.23. The maximum Gasteiger partial charge on any atom is 0.247 e. The summed E-state index contributed by atoms with van der Waals surface area (Å²) in [4.78, 5) is 45.2. The summed E-state index contributed by atoms with van der Waals surface area (Å²) in [6, 6.07) is 15.0. The van der Waals surface area contributed by atoms with E-state index in [0.29, 0.717) is 10.7 Å². The van der Waals surface area contributed by atoms with Crippen LogP contribution >= 0.6 is 11.3 Å². The van der Waals surface area contributed by atoms with E-state index in [1.165, 1.54) is 28.4 Å². The molecule has 8 nitrogen and oxygen atoms in total. The second-order valence-corrected chi connectivity index (χ2v) is 9.77. The van der Waals surface area contributed by atoms with Crippen LogP contribution in [0, 0.1) is 0 Å². The molecule has 1 aromatic heterocycles. The van der Waals surface area contributed by atoms with Gasteiger partial charge in [-0.25, -0.2) is 4.98 Å². The van der Waals surface area contributed by atoms with Crippen molar-refractivity contribution >= 4 is 34.2 Å². The van der Waals surface area contributed by atoms with Gasteiger partial charge in [-0.15, -0.1) is 11.3 Å². The van der Waals surface area contributed by atoms with Crippen molar-refractivity contribution in [3.8, 4) is 5.75 Å². The van der Waals surface area contributed by atoms with Crippen LogP contribution in [-0.4, -0.2) is 38.8 Å². The van der Waals surface area contributed by atoms with Crippen LogP contribution in [0.4, 0.5) is 5.13 Å². The fraction of sp³-hybridized carbons (Fsp3) is 0.333. The molecule has 36 heavy (non-hydrogen) atoms. The van der Waals surface area contributed by atoms with Gasteiger partial charge in [0.05, 0.1) is 0 Å². The molecule has 188 valence electrons. The van der Waals surface area contributed by atoms with Gasteiger partial charge in [0.15, 0.2) is 5.13 Å². The molecule has 3 aromatic rings. The highest BCUT2D eigenvalue weighted by atomic mass is 32.1. The number of thiazole rings is 1. The van der Waals surface area contributed by atoms with Gasteiger partial charge in [-0.05, 0) is 36.1 Å². The van der Waals surface area contributed by atoms with Gasteiger partial charge in [-0.1, -0.05) is 55.3 Å². The Bertz CT molecular complexity index is 1150. The van der Waals surface area contributed by atoms with E-state index in [1.807, 2.05) is 30.3 Å². The van der Waals surface area contributed by atoms with Crippen molar-refractivity contribution in [2.45, 2.75) is 57.2 Å². The van der Waals surface area contributed by atoms with E-state index < -0.39 is 6.04 Å². The molecule has 1 saturated carbocycles. The number of benzene rings is 2. The first-order chi connectivity index (χ1) is 17.5. The lowest BCUT2D eigenvalue weighted by Crippen LogP contribution is -2.46. The molecule has 1 unspecified atom stereocenters. The van der Waals surface area contributed by atoms with E-state index in [1.54, 1.807) is 23.7 Å². The van der Waals surface area contributed by atoms with Crippen molar-refractivity contribution < 1.29 is 19.5 Å². The van der Waals surface area contributed by atoms with Crippen LogP contribution in [0.3, 0.4) is 0 Å². The Morgan fingerprint density at radius 2 is 1.75 bits per heavy atom. The molecule has 0 spiro atoms. The van der Waals surface area contributed by atoms with Gasteiger partial charge in [0, 0.05) is 37.0 Å². The largest absolute Gasteiger partial charge is 0.508 e. The molecule has 1 aliphatic rings. The lowest BCUT2D eigenvalue weighted by atomic mass is 10.0. The van der Waals surface area contributed by atoms with Gasteiger partial charge >= 0.3 is 0 Å². The summed E-state index contributed by atoms with van der Waals surface area (Å²) in [5.41, 5.74) is 1.47. The molecule has 1 fully saturated rings. The average molecular weight is 507 g/mol. The Labute approximate surface area is 214 Å². The number of hydrogen-bond acceptors (Lipinski definition) is 6. The average Bonchev–Trinajstić information content (AvgIpc) is 3.58. The van der Waals surface area contributed by atoms with Crippen LogP contribution in [0.1, 0.15) is 55.7 Å². The molecule has 1 heterocycles. The highest BCUT2D eigenvalue weighted by Crippen LogP contribution is 2.28. The first-order valence-corrected chi connectivity index (χ1v) is 13.0. The molecule has 1 atom stereocenters. The van der Waals surface area contributed by atoms with Crippen LogP contribution in [0.5, 0.6) is 5.75 Å². The minimum Gasteiger partial charge on any atom is -0.508 e. The number of nitrogens with one attached hydrogen (secondary N) is 2. The Morgan fingerprint density at radius 3 is 2.42 bits per heavy atom. The third-order valence-corrected chi connectivity index (χ3v) is 6.92. The Morgan fingerprint density at radius 1 is 1.03 bits per heavy atom. The van der Waals surface area contributed by atoms with E-state index in [0.717, 1.165) is 31.2 Å². The summed E-state index contributed by atoms with van der Waals surface area (Å²) in [5, 5.41) is 17.9. The van der Waals surface area contributed by atoms with Crippen molar-refractivity contribution in [1.29, 1.82) is 0 Å². The molecule has 2 aromatic carbocycles. The zero-order valence-corrected chi connectivity index (χ0v) is 20.7. The van der Waals surface area contributed by atoms with Gasteiger partial charge in [0.25, 0.3) is 0 Å². The quantitative estimate of drug-likeness (QED) is 0.377. The first-order valence-electron chi connectivity index (χ1n) is 12.1. The third kappa shape index (κ3) is 6.91. The molecule has 3 N–H and O–H groups in total. The van der Waals surface area contributed by atoms with Crippen molar-refractivity contribution in [1.82, 2.24) is 15.2 Å². The molecule has 0 bridgehead atoms. The molecule has 0 aliphatic heterocycles. The molecule has 0 saturated heterocycles. The number of aromatic hydroxyl groups is 1. The molecule has 1 aliphatic carbocycles. The SMILES string of the molecule is O=C(CCC(=O)N(Cc1ccccc1)C(C(=O)NC1CCCC1)c1ccc(O)cc1)Nc1nccs1. The maximum absolute atomic E-state index is 13.6. The van der Waals surface area contributed by atoms with Crippen molar-refractivity contribution in [3.05, 3.63) is 77.3 Å². The fourth-order valence-corrected chi connectivity index (χ4v) is 4.96. The summed E-state index contributed by atoms with van der Waals surface area (Å²) < 4.78 is 0. The minimum atomic E-state index is -0.902. The molecular weight excluding hydrogens is 476 g/mol. The zero-order chi connectivity index (χ0) is 25.3. The molecule has 0 radical (unpaired) electrons. The number of anilines is 1. The lowest BCUT2D eigenvalue weighted by Gasteiger charge is -2.32. The minimum absolute atomic E-state index is 0.0315. The molecular formula is C27H30N4O4S. The highest BCUT2D eigenvalue weighted by molar-refractivity contribution is 7.13. The van der Waals surface area contributed by atoms with Crippen LogP contribution in [-0.2, 0) is 20.9 Å². The monoisotopic (exact) mass is 506 g/mol. The smallest absolute Gasteiger partial charge is 0.247 e. The number of carbonyl (C=O) groups is 3. The van der Waals surface area contributed by atoms with E-state index in [4.69, 9.17) is 0 Å². The predicted molar refractivity (Wildman–Crippen MR) is 138 cm³/mol. The van der Waals surface area contributed by atoms with E-state index in [9.17, 15) is 19.5 Å². The summed E-state index contributed by atoms with van der Waals surface area (Å²) >= 11 is 1.30.